The molecule has 94 valence electrons. The zero-order valence-corrected chi connectivity index (χ0v) is 10.5. The number of aromatic nitrogens is 2. The van der Waals surface area contributed by atoms with E-state index in [2.05, 4.69) is 21.8 Å². The molecule has 2 atom stereocenters. The lowest BCUT2D eigenvalue weighted by Gasteiger charge is -2.39. The lowest BCUT2D eigenvalue weighted by Crippen LogP contribution is -2.46. The summed E-state index contributed by atoms with van der Waals surface area (Å²) in [5.41, 5.74) is 5.90. The van der Waals surface area contributed by atoms with Gasteiger partial charge in [0.25, 0.3) is 0 Å². The van der Waals surface area contributed by atoms with Crippen LogP contribution >= 0.6 is 0 Å². The number of hydrogen-bond donors (Lipinski definition) is 1. The van der Waals surface area contributed by atoms with Gasteiger partial charge in [-0.3, -0.25) is 0 Å². The summed E-state index contributed by atoms with van der Waals surface area (Å²) < 4.78 is 0. The predicted molar refractivity (Wildman–Crippen MR) is 69.9 cm³/mol. The highest BCUT2D eigenvalue weighted by Crippen LogP contribution is 2.29. The van der Waals surface area contributed by atoms with Crippen LogP contribution in [-0.4, -0.2) is 29.1 Å². The summed E-state index contributed by atoms with van der Waals surface area (Å²) in [5.74, 6) is 1.44. The zero-order chi connectivity index (χ0) is 12.1. The Labute approximate surface area is 103 Å². The van der Waals surface area contributed by atoms with Gasteiger partial charge in [0.1, 0.15) is 0 Å². The maximum atomic E-state index is 5.90. The minimum absolute atomic E-state index is 0.515. The first-order valence-electron chi connectivity index (χ1n) is 6.60. The van der Waals surface area contributed by atoms with Gasteiger partial charge in [0.2, 0.25) is 5.95 Å². The van der Waals surface area contributed by atoms with Crippen LogP contribution in [0.1, 0.15) is 32.6 Å². The van der Waals surface area contributed by atoms with Crippen LogP contribution in [0.25, 0.3) is 0 Å². The zero-order valence-electron chi connectivity index (χ0n) is 10.5. The smallest absolute Gasteiger partial charge is 0.225 e. The fraction of sp³-hybridized carbons (Fsp3) is 0.692. The number of nitrogens with two attached hydrogens (primary N) is 1. The molecule has 1 fully saturated rings. The van der Waals surface area contributed by atoms with Crippen molar-refractivity contribution < 1.29 is 0 Å². The highest BCUT2D eigenvalue weighted by molar-refractivity contribution is 5.30. The Kier molecular flexibility index (Phi) is 4.31. The van der Waals surface area contributed by atoms with Gasteiger partial charge in [-0.25, -0.2) is 9.97 Å². The first kappa shape index (κ1) is 12.3. The molecule has 0 saturated heterocycles. The fourth-order valence-corrected chi connectivity index (χ4v) is 2.84. The van der Waals surface area contributed by atoms with Crippen LogP contribution < -0.4 is 10.6 Å². The van der Waals surface area contributed by atoms with Crippen LogP contribution in [0.15, 0.2) is 18.5 Å². The van der Waals surface area contributed by atoms with Gasteiger partial charge in [0.05, 0.1) is 0 Å². The van der Waals surface area contributed by atoms with Gasteiger partial charge in [0.15, 0.2) is 0 Å². The maximum Gasteiger partial charge on any atom is 0.225 e. The molecule has 0 spiro atoms. The predicted octanol–water partition coefficient (Wildman–Crippen LogP) is 1.82. The van der Waals surface area contributed by atoms with Crippen LogP contribution in [0.3, 0.4) is 0 Å². The first-order valence-corrected chi connectivity index (χ1v) is 6.60. The second-order valence-corrected chi connectivity index (χ2v) is 4.68. The molecule has 1 aromatic heterocycles. The molecule has 0 aromatic carbocycles. The Morgan fingerprint density at radius 1 is 1.29 bits per heavy atom. The molecule has 1 heterocycles. The van der Waals surface area contributed by atoms with Crippen molar-refractivity contribution in [2.45, 2.75) is 38.6 Å². The van der Waals surface area contributed by atoms with Crippen LogP contribution in [-0.2, 0) is 0 Å². The molecule has 1 aliphatic carbocycles. The van der Waals surface area contributed by atoms with E-state index in [1.54, 1.807) is 0 Å². The minimum atomic E-state index is 0.515. The molecule has 0 radical (unpaired) electrons. The van der Waals surface area contributed by atoms with Crippen LogP contribution in [0.2, 0.25) is 0 Å². The van der Waals surface area contributed by atoms with Crippen LogP contribution in [0.4, 0.5) is 5.95 Å². The van der Waals surface area contributed by atoms with E-state index in [1.807, 2.05) is 18.5 Å². The number of rotatable bonds is 4. The summed E-state index contributed by atoms with van der Waals surface area (Å²) >= 11 is 0. The van der Waals surface area contributed by atoms with Crippen molar-refractivity contribution in [2.24, 2.45) is 11.7 Å². The molecular weight excluding hydrogens is 212 g/mol. The van der Waals surface area contributed by atoms with Gasteiger partial charge in [-0.15, -0.1) is 0 Å². The summed E-state index contributed by atoms with van der Waals surface area (Å²) in [5, 5.41) is 0. The second kappa shape index (κ2) is 5.96. The highest BCUT2D eigenvalue weighted by Gasteiger charge is 2.29. The molecule has 2 rings (SSSR count). The molecule has 17 heavy (non-hydrogen) atoms. The molecule has 1 aliphatic rings. The SMILES string of the molecule is CCN(c1ncccn1)C1CCCCC1CN. The first-order chi connectivity index (χ1) is 8.36. The summed E-state index contributed by atoms with van der Waals surface area (Å²) in [6.07, 6.45) is 8.69. The number of nitrogens with zero attached hydrogens (tertiary/aromatic N) is 3. The lowest BCUT2D eigenvalue weighted by molar-refractivity contribution is 0.298. The van der Waals surface area contributed by atoms with E-state index in [-0.39, 0.29) is 0 Å². The van der Waals surface area contributed by atoms with Crippen molar-refractivity contribution in [3.8, 4) is 0 Å². The molecule has 2 unspecified atom stereocenters. The van der Waals surface area contributed by atoms with Gasteiger partial charge in [-0.1, -0.05) is 12.8 Å². The second-order valence-electron chi connectivity index (χ2n) is 4.68. The average Bonchev–Trinajstić information content (AvgIpc) is 2.41. The molecule has 4 heteroatoms. The topological polar surface area (TPSA) is 55.0 Å². The van der Waals surface area contributed by atoms with Gasteiger partial charge >= 0.3 is 0 Å². The van der Waals surface area contributed by atoms with Gasteiger partial charge in [-0.2, -0.15) is 0 Å². The van der Waals surface area contributed by atoms with Gasteiger partial charge in [0, 0.05) is 25.0 Å². The molecule has 1 aromatic rings. The molecule has 4 nitrogen and oxygen atoms in total. The molecule has 2 N–H and O–H groups in total. The van der Waals surface area contributed by atoms with Crippen molar-refractivity contribution in [2.75, 3.05) is 18.0 Å². The Morgan fingerprint density at radius 3 is 2.65 bits per heavy atom. The third kappa shape index (κ3) is 2.75. The van der Waals surface area contributed by atoms with E-state index in [0.717, 1.165) is 19.0 Å². The van der Waals surface area contributed by atoms with Crippen molar-refractivity contribution in [1.29, 1.82) is 0 Å². The number of hydrogen-bond acceptors (Lipinski definition) is 4. The Morgan fingerprint density at radius 2 is 2.00 bits per heavy atom. The number of anilines is 1. The largest absolute Gasteiger partial charge is 0.338 e. The standard InChI is InChI=1S/C13H22N4/c1-2-17(13-15-8-5-9-16-13)12-7-4-3-6-11(12)10-14/h5,8-9,11-12H,2-4,6-7,10,14H2,1H3. The normalized spacial score (nSPS) is 24.6. The van der Waals surface area contributed by atoms with E-state index < -0.39 is 0 Å². The minimum Gasteiger partial charge on any atom is -0.338 e. The Hall–Kier alpha value is -1.16. The van der Waals surface area contributed by atoms with E-state index in [0.29, 0.717) is 12.0 Å². The van der Waals surface area contributed by atoms with Gasteiger partial charge in [-0.05, 0) is 38.3 Å². The molecule has 1 saturated carbocycles. The van der Waals surface area contributed by atoms with E-state index in [4.69, 9.17) is 5.73 Å². The molecule has 0 amide bonds. The molecular formula is C13H22N4. The fourth-order valence-electron chi connectivity index (χ4n) is 2.84. The average molecular weight is 234 g/mol. The van der Waals surface area contributed by atoms with Crippen molar-refractivity contribution >= 4 is 5.95 Å². The quantitative estimate of drug-likeness (QED) is 0.863. The van der Waals surface area contributed by atoms with Crippen molar-refractivity contribution in [3.63, 3.8) is 0 Å². The lowest BCUT2D eigenvalue weighted by atomic mass is 9.83. The summed E-state index contributed by atoms with van der Waals surface area (Å²) in [6, 6.07) is 2.37. The van der Waals surface area contributed by atoms with Crippen molar-refractivity contribution in [3.05, 3.63) is 18.5 Å². The third-order valence-corrected chi connectivity index (χ3v) is 3.72. The Balaban J connectivity index is 2.16. The monoisotopic (exact) mass is 234 g/mol. The van der Waals surface area contributed by atoms with E-state index in [1.165, 1.54) is 25.7 Å². The third-order valence-electron chi connectivity index (χ3n) is 3.72. The van der Waals surface area contributed by atoms with Crippen molar-refractivity contribution in [1.82, 2.24) is 9.97 Å². The van der Waals surface area contributed by atoms with E-state index >= 15 is 0 Å². The van der Waals surface area contributed by atoms with E-state index in [9.17, 15) is 0 Å². The highest BCUT2D eigenvalue weighted by atomic mass is 15.3. The summed E-state index contributed by atoms with van der Waals surface area (Å²) in [4.78, 5) is 11.1. The Bertz CT molecular complexity index is 327. The molecule has 0 aliphatic heterocycles. The van der Waals surface area contributed by atoms with Crippen LogP contribution in [0.5, 0.6) is 0 Å². The summed E-state index contributed by atoms with van der Waals surface area (Å²) in [7, 11) is 0. The van der Waals surface area contributed by atoms with Crippen LogP contribution in [0, 0.1) is 5.92 Å². The van der Waals surface area contributed by atoms with Gasteiger partial charge < -0.3 is 10.6 Å². The molecule has 0 bridgehead atoms. The maximum absolute atomic E-state index is 5.90. The summed E-state index contributed by atoms with van der Waals surface area (Å²) in [6.45, 7) is 3.89.